The summed E-state index contributed by atoms with van der Waals surface area (Å²) in [6.07, 6.45) is 3.33. The number of carbonyl (C=O) groups excluding carboxylic acids is 1. The Balaban J connectivity index is 2.13. The van der Waals surface area contributed by atoms with Gasteiger partial charge in [0.25, 0.3) is 5.91 Å². The maximum absolute atomic E-state index is 12.2. The van der Waals surface area contributed by atoms with Gasteiger partial charge < -0.3 is 10.1 Å². The van der Waals surface area contributed by atoms with Crippen LogP contribution in [0.5, 0.6) is 0 Å². The number of anilines is 1. The second-order valence-electron chi connectivity index (χ2n) is 4.46. The van der Waals surface area contributed by atoms with Crippen LogP contribution in [0.4, 0.5) is 5.69 Å². The molecule has 0 radical (unpaired) electrons. The van der Waals surface area contributed by atoms with Crippen molar-refractivity contribution in [1.82, 2.24) is 9.78 Å². The largest absolute Gasteiger partial charge is 0.362 e. The van der Waals surface area contributed by atoms with Crippen LogP contribution in [0.15, 0.2) is 30.6 Å². The van der Waals surface area contributed by atoms with Crippen LogP contribution in [0.25, 0.3) is 0 Å². The van der Waals surface area contributed by atoms with Crippen molar-refractivity contribution in [3.8, 4) is 0 Å². The summed E-state index contributed by atoms with van der Waals surface area (Å²) >= 11 is 0. The summed E-state index contributed by atoms with van der Waals surface area (Å²) in [7, 11) is 1.59. The van der Waals surface area contributed by atoms with Crippen molar-refractivity contribution in [2.75, 3.05) is 12.4 Å². The van der Waals surface area contributed by atoms with E-state index in [1.807, 2.05) is 32.0 Å². The normalized spacial score (nSPS) is 10.5. The molecule has 0 unspecified atom stereocenters. The van der Waals surface area contributed by atoms with E-state index in [0.29, 0.717) is 18.0 Å². The van der Waals surface area contributed by atoms with Gasteiger partial charge in [0.2, 0.25) is 0 Å². The van der Waals surface area contributed by atoms with Crippen molar-refractivity contribution in [1.29, 1.82) is 0 Å². The Hall–Kier alpha value is -2.14. The lowest BCUT2D eigenvalue weighted by atomic mass is 10.1. The van der Waals surface area contributed by atoms with Gasteiger partial charge in [-0.3, -0.25) is 4.79 Å². The molecular formula is C14H17N3O2. The van der Waals surface area contributed by atoms with E-state index in [1.165, 1.54) is 0 Å². The number of ether oxygens (including phenoxy) is 1. The van der Waals surface area contributed by atoms with E-state index >= 15 is 0 Å². The quantitative estimate of drug-likeness (QED) is 0.917. The molecule has 0 fully saturated rings. The van der Waals surface area contributed by atoms with Gasteiger partial charge in [-0.15, -0.1) is 0 Å². The van der Waals surface area contributed by atoms with Gasteiger partial charge in [-0.1, -0.05) is 17.7 Å². The molecule has 100 valence electrons. The first-order valence-corrected chi connectivity index (χ1v) is 6.00. The number of hydrogen-bond donors (Lipinski definition) is 1. The smallest absolute Gasteiger partial charge is 0.256 e. The average Bonchev–Trinajstić information content (AvgIpc) is 2.80. The van der Waals surface area contributed by atoms with Gasteiger partial charge in [-0.05, 0) is 25.5 Å². The third kappa shape index (κ3) is 3.20. The van der Waals surface area contributed by atoms with Crippen LogP contribution in [-0.4, -0.2) is 22.8 Å². The molecule has 2 aromatic rings. The highest BCUT2D eigenvalue weighted by Crippen LogP contribution is 2.13. The van der Waals surface area contributed by atoms with E-state index in [0.717, 1.165) is 11.1 Å². The highest BCUT2D eigenvalue weighted by molar-refractivity contribution is 6.05. The number of methoxy groups -OCH3 is 1. The van der Waals surface area contributed by atoms with Crippen molar-refractivity contribution >= 4 is 11.6 Å². The number of aryl methyl sites for hydroxylation is 2. The number of hydrogen-bond acceptors (Lipinski definition) is 3. The van der Waals surface area contributed by atoms with Gasteiger partial charge in [0.15, 0.2) is 0 Å². The fourth-order valence-electron chi connectivity index (χ4n) is 1.81. The van der Waals surface area contributed by atoms with E-state index in [2.05, 4.69) is 10.4 Å². The number of aromatic nitrogens is 2. The summed E-state index contributed by atoms with van der Waals surface area (Å²) < 4.78 is 6.56. The fraction of sp³-hybridized carbons (Fsp3) is 0.286. The maximum Gasteiger partial charge on any atom is 0.256 e. The standard InChI is InChI=1S/C14H17N3O2/c1-10-4-5-11(2)13(6-10)14(18)16-12-7-15-17(8-12)9-19-3/h4-8H,9H2,1-3H3,(H,16,18). The molecule has 5 nitrogen and oxygen atoms in total. The second kappa shape index (κ2) is 5.67. The van der Waals surface area contributed by atoms with E-state index in [-0.39, 0.29) is 5.91 Å². The molecule has 1 aromatic heterocycles. The first kappa shape index (κ1) is 13.3. The van der Waals surface area contributed by atoms with Gasteiger partial charge in [-0.25, -0.2) is 4.68 Å². The molecule has 5 heteroatoms. The molecule has 0 aliphatic carbocycles. The lowest BCUT2D eigenvalue weighted by molar-refractivity contribution is 0.102. The summed E-state index contributed by atoms with van der Waals surface area (Å²) in [5.74, 6) is -0.127. The van der Waals surface area contributed by atoms with Crippen LogP contribution >= 0.6 is 0 Å². The van der Waals surface area contributed by atoms with Crippen molar-refractivity contribution in [2.45, 2.75) is 20.6 Å². The third-order valence-corrected chi connectivity index (χ3v) is 2.79. The molecule has 0 aliphatic heterocycles. The Morgan fingerprint density at radius 2 is 2.21 bits per heavy atom. The molecule has 0 aliphatic rings. The molecule has 0 bridgehead atoms. The molecule has 0 spiro atoms. The molecule has 1 amide bonds. The first-order chi connectivity index (χ1) is 9.10. The van der Waals surface area contributed by atoms with Gasteiger partial charge in [0.05, 0.1) is 18.1 Å². The van der Waals surface area contributed by atoms with E-state index in [4.69, 9.17) is 4.74 Å². The van der Waals surface area contributed by atoms with Gasteiger partial charge in [-0.2, -0.15) is 5.10 Å². The Morgan fingerprint density at radius 1 is 1.42 bits per heavy atom. The van der Waals surface area contributed by atoms with E-state index < -0.39 is 0 Å². The maximum atomic E-state index is 12.2. The highest BCUT2D eigenvalue weighted by Gasteiger charge is 2.10. The summed E-state index contributed by atoms with van der Waals surface area (Å²) in [4.78, 5) is 12.2. The SMILES string of the molecule is COCn1cc(NC(=O)c2cc(C)ccc2C)cn1. The molecule has 1 N–H and O–H groups in total. The number of nitrogens with one attached hydrogen (secondary N) is 1. The fourth-order valence-corrected chi connectivity index (χ4v) is 1.81. The van der Waals surface area contributed by atoms with Crippen LogP contribution < -0.4 is 5.32 Å². The molecule has 0 saturated heterocycles. The van der Waals surface area contributed by atoms with Crippen molar-refractivity contribution < 1.29 is 9.53 Å². The molecule has 19 heavy (non-hydrogen) atoms. The predicted molar refractivity (Wildman–Crippen MR) is 73.1 cm³/mol. The lowest BCUT2D eigenvalue weighted by Crippen LogP contribution is -2.13. The Morgan fingerprint density at radius 3 is 2.95 bits per heavy atom. The minimum Gasteiger partial charge on any atom is -0.362 e. The minimum atomic E-state index is -0.127. The molecular weight excluding hydrogens is 242 g/mol. The monoisotopic (exact) mass is 259 g/mol. The van der Waals surface area contributed by atoms with Crippen LogP contribution in [0.2, 0.25) is 0 Å². The van der Waals surface area contributed by atoms with Crippen molar-refractivity contribution in [3.63, 3.8) is 0 Å². The zero-order valence-corrected chi connectivity index (χ0v) is 11.3. The summed E-state index contributed by atoms with van der Waals surface area (Å²) in [5, 5.41) is 6.90. The minimum absolute atomic E-state index is 0.127. The van der Waals surface area contributed by atoms with Crippen LogP contribution in [0.3, 0.4) is 0 Å². The summed E-state index contributed by atoms with van der Waals surface area (Å²) in [6, 6.07) is 5.81. The predicted octanol–water partition coefficient (Wildman–Crippen LogP) is 2.36. The lowest BCUT2D eigenvalue weighted by Gasteiger charge is -2.06. The summed E-state index contributed by atoms with van der Waals surface area (Å²) in [6.45, 7) is 4.24. The number of carbonyl (C=O) groups is 1. The zero-order valence-electron chi connectivity index (χ0n) is 11.3. The average molecular weight is 259 g/mol. The number of benzene rings is 1. The molecule has 1 aromatic carbocycles. The molecule has 0 atom stereocenters. The molecule has 2 rings (SSSR count). The van der Waals surface area contributed by atoms with E-state index in [1.54, 1.807) is 24.2 Å². The number of amides is 1. The first-order valence-electron chi connectivity index (χ1n) is 6.00. The van der Waals surface area contributed by atoms with Crippen LogP contribution in [-0.2, 0) is 11.5 Å². The summed E-state index contributed by atoms with van der Waals surface area (Å²) in [5.41, 5.74) is 3.35. The third-order valence-electron chi connectivity index (χ3n) is 2.79. The topological polar surface area (TPSA) is 56.1 Å². The Kier molecular flexibility index (Phi) is 3.97. The second-order valence-corrected chi connectivity index (χ2v) is 4.46. The number of rotatable bonds is 4. The van der Waals surface area contributed by atoms with Gasteiger partial charge in [0, 0.05) is 12.7 Å². The molecule has 1 heterocycles. The van der Waals surface area contributed by atoms with Crippen molar-refractivity contribution in [2.24, 2.45) is 0 Å². The van der Waals surface area contributed by atoms with E-state index in [9.17, 15) is 4.79 Å². The van der Waals surface area contributed by atoms with Gasteiger partial charge >= 0.3 is 0 Å². The van der Waals surface area contributed by atoms with Crippen molar-refractivity contribution in [3.05, 3.63) is 47.3 Å². The molecule has 0 saturated carbocycles. The Labute approximate surface area is 112 Å². The number of nitrogens with zero attached hydrogens (tertiary/aromatic N) is 2. The van der Waals surface area contributed by atoms with Crippen LogP contribution in [0.1, 0.15) is 21.5 Å². The van der Waals surface area contributed by atoms with Gasteiger partial charge in [0.1, 0.15) is 6.73 Å². The van der Waals surface area contributed by atoms with Crippen LogP contribution in [0, 0.1) is 13.8 Å². The highest BCUT2D eigenvalue weighted by atomic mass is 16.5. The zero-order chi connectivity index (χ0) is 13.8. The Bertz CT molecular complexity index is 590.